The number of amides is 1. The summed E-state index contributed by atoms with van der Waals surface area (Å²) in [4.78, 5) is 14.7. The number of likely N-dealkylation sites (tertiary alicyclic amines) is 1. The highest BCUT2D eigenvalue weighted by molar-refractivity contribution is 5.94. The molecular weight excluding hydrogens is 250 g/mol. The van der Waals surface area contributed by atoms with Crippen molar-refractivity contribution in [2.45, 2.75) is 25.8 Å². The van der Waals surface area contributed by atoms with Crippen LogP contribution < -0.4 is 10.6 Å². The Bertz CT molecular complexity index is 468. The molecule has 0 bridgehead atoms. The van der Waals surface area contributed by atoms with Crippen molar-refractivity contribution in [3.8, 4) is 0 Å². The summed E-state index contributed by atoms with van der Waals surface area (Å²) in [5.41, 5.74) is 1.29. The molecule has 2 N–H and O–H groups in total. The van der Waals surface area contributed by atoms with E-state index in [1.807, 2.05) is 37.3 Å². The van der Waals surface area contributed by atoms with Gasteiger partial charge in [-0.2, -0.15) is 0 Å². The van der Waals surface area contributed by atoms with Crippen LogP contribution in [-0.2, 0) is 4.79 Å². The van der Waals surface area contributed by atoms with Crippen LogP contribution in [0, 0.1) is 5.41 Å². The minimum atomic E-state index is -0.0600. The van der Waals surface area contributed by atoms with Gasteiger partial charge < -0.3 is 10.6 Å². The van der Waals surface area contributed by atoms with Crippen LogP contribution >= 0.6 is 0 Å². The highest BCUT2D eigenvalue weighted by atomic mass is 16.2. The van der Waals surface area contributed by atoms with Gasteiger partial charge in [-0.15, -0.1) is 0 Å². The first-order chi connectivity index (χ1) is 9.69. The van der Waals surface area contributed by atoms with Crippen molar-refractivity contribution < 1.29 is 4.79 Å². The molecule has 1 aromatic carbocycles. The SMILES string of the molecule is CC(C(=O)Nc1ccccc1)N1CCC2(CCNC2)C1. The van der Waals surface area contributed by atoms with Gasteiger partial charge in [0.1, 0.15) is 0 Å². The minimum absolute atomic E-state index is 0.0600. The van der Waals surface area contributed by atoms with Gasteiger partial charge in [-0.3, -0.25) is 9.69 Å². The molecule has 108 valence electrons. The topological polar surface area (TPSA) is 44.4 Å². The lowest BCUT2D eigenvalue weighted by atomic mass is 9.86. The summed E-state index contributed by atoms with van der Waals surface area (Å²) < 4.78 is 0. The predicted molar refractivity (Wildman–Crippen MR) is 80.6 cm³/mol. The van der Waals surface area contributed by atoms with Gasteiger partial charge in [0.05, 0.1) is 6.04 Å². The predicted octanol–water partition coefficient (Wildman–Crippen LogP) is 1.70. The Labute approximate surface area is 120 Å². The van der Waals surface area contributed by atoms with E-state index in [1.165, 1.54) is 12.8 Å². The molecule has 3 rings (SSSR count). The Hall–Kier alpha value is -1.39. The molecule has 2 atom stereocenters. The van der Waals surface area contributed by atoms with Gasteiger partial charge in [0.25, 0.3) is 0 Å². The molecule has 4 nitrogen and oxygen atoms in total. The Balaban J connectivity index is 1.59. The third kappa shape index (κ3) is 2.72. The van der Waals surface area contributed by atoms with E-state index in [9.17, 15) is 4.79 Å². The number of benzene rings is 1. The van der Waals surface area contributed by atoms with E-state index in [-0.39, 0.29) is 11.9 Å². The van der Waals surface area contributed by atoms with Crippen LogP contribution in [0.3, 0.4) is 0 Å². The molecule has 2 unspecified atom stereocenters. The van der Waals surface area contributed by atoms with Crippen LogP contribution in [0.2, 0.25) is 0 Å². The second-order valence-electron chi connectivity index (χ2n) is 6.18. The van der Waals surface area contributed by atoms with Crippen molar-refractivity contribution in [2.24, 2.45) is 5.41 Å². The fraction of sp³-hybridized carbons (Fsp3) is 0.562. The lowest BCUT2D eigenvalue weighted by Crippen LogP contribution is -2.42. The maximum Gasteiger partial charge on any atom is 0.241 e. The summed E-state index contributed by atoms with van der Waals surface area (Å²) in [7, 11) is 0. The van der Waals surface area contributed by atoms with Crippen molar-refractivity contribution in [3.63, 3.8) is 0 Å². The van der Waals surface area contributed by atoms with Crippen LogP contribution in [0.5, 0.6) is 0 Å². The Morgan fingerprint density at radius 3 is 2.85 bits per heavy atom. The van der Waals surface area contributed by atoms with E-state index in [0.717, 1.165) is 31.9 Å². The van der Waals surface area contributed by atoms with E-state index < -0.39 is 0 Å². The molecule has 1 amide bonds. The van der Waals surface area contributed by atoms with Gasteiger partial charge in [0, 0.05) is 18.8 Å². The van der Waals surface area contributed by atoms with E-state index >= 15 is 0 Å². The van der Waals surface area contributed by atoms with Crippen LogP contribution in [-0.4, -0.2) is 43.0 Å². The number of nitrogens with zero attached hydrogens (tertiary/aromatic N) is 1. The number of hydrogen-bond donors (Lipinski definition) is 2. The molecule has 1 aromatic rings. The fourth-order valence-electron chi connectivity index (χ4n) is 3.38. The van der Waals surface area contributed by atoms with E-state index in [2.05, 4.69) is 15.5 Å². The van der Waals surface area contributed by atoms with Gasteiger partial charge in [-0.1, -0.05) is 18.2 Å². The molecule has 4 heteroatoms. The quantitative estimate of drug-likeness (QED) is 0.881. The zero-order valence-electron chi connectivity index (χ0n) is 12.1. The number of para-hydroxylation sites is 1. The number of hydrogen-bond acceptors (Lipinski definition) is 3. The lowest BCUT2D eigenvalue weighted by Gasteiger charge is -2.26. The van der Waals surface area contributed by atoms with E-state index in [0.29, 0.717) is 5.41 Å². The minimum Gasteiger partial charge on any atom is -0.325 e. The molecule has 2 fully saturated rings. The number of rotatable bonds is 3. The van der Waals surface area contributed by atoms with Crippen LogP contribution in [0.25, 0.3) is 0 Å². The van der Waals surface area contributed by atoms with Crippen molar-refractivity contribution in [1.29, 1.82) is 0 Å². The standard InChI is InChI=1S/C16H23N3O/c1-13(15(20)18-14-5-3-2-4-6-14)19-10-8-16(12-19)7-9-17-11-16/h2-6,13,17H,7-12H2,1H3,(H,18,20). The second-order valence-corrected chi connectivity index (χ2v) is 6.18. The third-order valence-corrected chi connectivity index (χ3v) is 4.77. The Morgan fingerprint density at radius 1 is 1.35 bits per heavy atom. The molecule has 0 saturated carbocycles. The van der Waals surface area contributed by atoms with Gasteiger partial charge in [-0.25, -0.2) is 0 Å². The van der Waals surface area contributed by atoms with Crippen molar-refractivity contribution >= 4 is 11.6 Å². The van der Waals surface area contributed by atoms with Crippen LogP contribution in [0.15, 0.2) is 30.3 Å². The average molecular weight is 273 g/mol. The van der Waals surface area contributed by atoms with E-state index in [4.69, 9.17) is 0 Å². The molecule has 2 heterocycles. The van der Waals surface area contributed by atoms with Crippen LogP contribution in [0.4, 0.5) is 5.69 Å². The average Bonchev–Trinajstić information content (AvgIpc) is 3.10. The molecule has 20 heavy (non-hydrogen) atoms. The lowest BCUT2D eigenvalue weighted by molar-refractivity contribution is -0.120. The first-order valence-electron chi connectivity index (χ1n) is 7.49. The monoisotopic (exact) mass is 273 g/mol. The molecule has 1 spiro atoms. The number of carbonyl (C=O) groups excluding carboxylic acids is 1. The number of carbonyl (C=O) groups is 1. The molecular formula is C16H23N3O. The fourth-order valence-corrected chi connectivity index (χ4v) is 3.38. The molecule has 0 aromatic heterocycles. The van der Waals surface area contributed by atoms with Crippen molar-refractivity contribution in [1.82, 2.24) is 10.2 Å². The number of anilines is 1. The first-order valence-corrected chi connectivity index (χ1v) is 7.49. The zero-order valence-corrected chi connectivity index (χ0v) is 12.1. The largest absolute Gasteiger partial charge is 0.325 e. The van der Waals surface area contributed by atoms with E-state index in [1.54, 1.807) is 0 Å². The van der Waals surface area contributed by atoms with Gasteiger partial charge in [-0.05, 0) is 50.4 Å². The van der Waals surface area contributed by atoms with Gasteiger partial charge in [0.15, 0.2) is 0 Å². The highest BCUT2D eigenvalue weighted by Crippen LogP contribution is 2.36. The summed E-state index contributed by atoms with van der Waals surface area (Å²) in [6.45, 7) is 6.32. The summed E-state index contributed by atoms with van der Waals surface area (Å²) in [5, 5.41) is 6.46. The summed E-state index contributed by atoms with van der Waals surface area (Å²) in [6.07, 6.45) is 2.46. The Morgan fingerprint density at radius 2 is 2.15 bits per heavy atom. The Kier molecular flexibility index (Phi) is 3.76. The zero-order chi connectivity index (χ0) is 14.0. The second kappa shape index (κ2) is 5.54. The summed E-state index contributed by atoms with van der Waals surface area (Å²) in [5.74, 6) is 0.0965. The van der Waals surface area contributed by atoms with Gasteiger partial charge >= 0.3 is 0 Å². The first kappa shape index (κ1) is 13.6. The molecule has 2 saturated heterocycles. The van der Waals surface area contributed by atoms with Crippen LogP contribution in [0.1, 0.15) is 19.8 Å². The summed E-state index contributed by atoms with van der Waals surface area (Å²) in [6, 6.07) is 9.63. The van der Waals surface area contributed by atoms with Crippen molar-refractivity contribution in [3.05, 3.63) is 30.3 Å². The molecule has 0 radical (unpaired) electrons. The third-order valence-electron chi connectivity index (χ3n) is 4.77. The maximum absolute atomic E-state index is 12.3. The van der Waals surface area contributed by atoms with Crippen molar-refractivity contribution in [2.75, 3.05) is 31.5 Å². The molecule has 0 aliphatic carbocycles. The molecule has 2 aliphatic heterocycles. The summed E-state index contributed by atoms with van der Waals surface area (Å²) >= 11 is 0. The normalized spacial score (nSPS) is 27.9. The highest BCUT2D eigenvalue weighted by Gasteiger charge is 2.42. The number of nitrogens with one attached hydrogen (secondary N) is 2. The van der Waals surface area contributed by atoms with Gasteiger partial charge in [0.2, 0.25) is 5.91 Å². The maximum atomic E-state index is 12.3. The molecule has 2 aliphatic rings. The smallest absolute Gasteiger partial charge is 0.241 e.